The Morgan fingerprint density at radius 3 is 2.26 bits per heavy atom. The first-order valence-electron chi connectivity index (χ1n) is 6.82. The fourth-order valence-electron chi connectivity index (χ4n) is 2.84. The highest BCUT2D eigenvalue weighted by molar-refractivity contribution is 7.89. The topological polar surface area (TPSA) is 83.9 Å². The maximum atomic E-state index is 12.4. The van der Waals surface area contributed by atoms with Crippen molar-refractivity contribution >= 4 is 16.0 Å². The Hall–Kier alpha value is -0.660. The summed E-state index contributed by atoms with van der Waals surface area (Å²) in [6.07, 6.45) is 4.59. The summed E-state index contributed by atoms with van der Waals surface area (Å²) in [6, 6.07) is 0. The molecule has 0 spiro atoms. The number of sulfonamides is 1. The van der Waals surface area contributed by atoms with Crippen LogP contribution in [0.15, 0.2) is 0 Å². The van der Waals surface area contributed by atoms with Gasteiger partial charge in [-0.15, -0.1) is 0 Å². The summed E-state index contributed by atoms with van der Waals surface area (Å²) >= 11 is 0. The van der Waals surface area contributed by atoms with Crippen LogP contribution in [-0.2, 0) is 19.6 Å². The minimum absolute atomic E-state index is 0.133. The van der Waals surface area contributed by atoms with E-state index in [9.17, 15) is 13.2 Å². The lowest BCUT2D eigenvalue weighted by molar-refractivity contribution is -0.145. The van der Waals surface area contributed by atoms with Crippen molar-refractivity contribution in [2.75, 3.05) is 19.7 Å². The molecule has 1 N–H and O–H groups in total. The Morgan fingerprint density at radius 2 is 1.74 bits per heavy atom. The number of carbonyl (C=O) groups is 1. The smallest absolute Gasteiger partial charge is 0.329 e. The van der Waals surface area contributed by atoms with Crippen LogP contribution in [0.1, 0.15) is 38.5 Å². The summed E-state index contributed by atoms with van der Waals surface area (Å²) in [4.78, 5) is 10.4. The van der Waals surface area contributed by atoms with Crippen molar-refractivity contribution in [2.45, 2.75) is 49.9 Å². The number of ether oxygens (including phenoxy) is 1. The van der Waals surface area contributed by atoms with Crippen LogP contribution in [0.3, 0.4) is 0 Å². The lowest BCUT2D eigenvalue weighted by Crippen LogP contribution is -2.44. The summed E-state index contributed by atoms with van der Waals surface area (Å²) < 4.78 is 31.5. The lowest BCUT2D eigenvalue weighted by atomic mass is 10.1. The van der Waals surface area contributed by atoms with Crippen LogP contribution in [-0.4, -0.2) is 54.8 Å². The van der Waals surface area contributed by atoms with E-state index in [2.05, 4.69) is 0 Å². The van der Waals surface area contributed by atoms with Crippen LogP contribution in [0.25, 0.3) is 0 Å². The molecule has 2 fully saturated rings. The molecule has 1 saturated heterocycles. The molecule has 7 heteroatoms. The normalized spacial score (nSPS) is 23.8. The molecule has 0 atom stereocenters. The molecule has 19 heavy (non-hydrogen) atoms. The van der Waals surface area contributed by atoms with Crippen LogP contribution in [0.2, 0.25) is 0 Å². The minimum atomic E-state index is -3.16. The molecule has 1 heterocycles. The molecule has 0 amide bonds. The van der Waals surface area contributed by atoms with Crippen molar-refractivity contribution in [3.8, 4) is 0 Å². The van der Waals surface area contributed by atoms with E-state index >= 15 is 0 Å². The Balaban J connectivity index is 1.83. The Morgan fingerprint density at radius 1 is 1.16 bits per heavy atom. The zero-order valence-electron chi connectivity index (χ0n) is 11.0. The number of nitrogens with zero attached hydrogens (tertiary/aromatic N) is 1. The van der Waals surface area contributed by atoms with E-state index in [0.29, 0.717) is 25.9 Å². The summed E-state index contributed by atoms with van der Waals surface area (Å²) in [5.74, 6) is -0.985. The van der Waals surface area contributed by atoms with Gasteiger partial charge >= 0.3 is 5.97 Å². The van der Waals surface area contributed by atoms with Crippen LogP contribution >= 0.6 is 0 Å². The summed E-state index contributed by atoms with van der Waals surface area (Å²) in [5.41, 5.74) is 0. The van der Waals surface area contributed by atoms with E-state index in [0.717, 1.165) is 25.7 Å². The molecule has 0 bridgehead atoms. The monoisotopic (exact) mass is 291 g/mol. The number of carboxylic acids is 1. The standard InChI is InChI=1S/C12H21NO5S/c14-12(15)9-18-10-5-7-13(8-6-10)19(16,17)11-3-1-2-4-11/h10-11H,1-9H2,(H,14,15). The molecule has 1 aliphatic carbocycles. The summed E-state index contributed by atoms with van der Waals surface area (Å²) in [5, 5.41) is 8.33. The molecular weight excluding hydrogens is 270 g/mol. The van der Waals surface area contributed by atoms with E-state index in [1.807, 2.05) is 0 Å². The molecule has 2 rings (SSSR count). The van der Waals surface area contributed by atoms with Crippen molar-refractivity contribution in [1.29, 1.82) is 0 Å². The molecule has 0 aromatic heterocycles. The zero-order valence-corrected chi connectivity index (χ0v) is 11.8. The fourth-order valence-corrected chi connectivity index (χ4v) is 4.91. The van der Waals surface area contributed by atoms with Gasteiger partial charge in [-0.3, -0.25) is 0 Å². The van der Waals surface area contributed by atoms with Crippen LogP contribution in [0.4, 0.5) is 0 Å². The Kier molecular flexibility index (Phi) is 4.81. The number of hydrogen-bond acceptors (Lipinski definition) is 4. The first-order valence-corrected chi connectivity index (χ1v) is 8.33. The quantitative estimate of drug-likeness (QED) is 0.811. The fraction of sp³-hybridized carbons (Fsp3) is 0.917. The third-order valence-electron chi connectivity index (χ3n) is 3.93. The largest absolute Gasteiger partial charge is 0.480 e. The van der Waals surface area contributed by atoms with Crippen molar-refractivity contribution in [3.63, 3.8) is 0 Å². The van der Waals surface area contributed by atoms with Crippen LogP contribution in [0, 0.1) is 0 Å². The summed E-state index contributed by atoms with van der Waals surface area (Å²) in [7, 11) is -3.16. The third kappa shape index (κ3) is 3.67. The average molecular weight is 291 g/mol. The van der Waals surface area contributed by atoms with Gasteiger partial charge in [-0.1, -0.05) is 12.8 Å². The van der Waals surface area contributed by atoms with Gasteiger partial charge in [0, 0.05) is 13.1 Å². The molecule has 0 aromatic carbocycles. The number of rotatable bonds is 5. The number of piperidine rings is 1. The van der Waals surface area contributed by atoms with Crippen LogP contribution < -0.4 is 0 Å². The Labute approximate surface area is 113 Å². The first-order chi connectivity index (χ1) is 9.00. The van der Waals surface area contributed by atoms with E-state index in [1.165, 1.54) is 0 Å². The predicted octanol–water partition coefficient (Wildman–Crippen LogP) is 0.824. The molecule has 0 aromatic rings. The van der Waals surface area contributed by atoms with Crippen molar-refractivity contribution < 1.29 is 23.1 Å². The predicted molar refractivity (Wildman–Crippen MR) is 69.4 cm³/mol. The van der Waals surface area contributed by atoms with Crippen molar-refractivity contribution in [1.82, 2.24) is 4.31 Å². The zero-order chi connectivity index (χ0) is 13.9. The summed E-state index contributed by atoms with van der Waals surface area (Å²) in [6.45, 7) is 0.590. The van der Waals surface area contributed by atoms with E-state index < -0.39 is 16.0 Å². The van der Waals surface area contributed by atoms with Crippen molar-refractivity contribution in [2.24, 2.45) is 0 Å². The molecular formula is C12H21NO5S. The highest BCUT2D eigenvalue weighted by Crippen LogP contribution is 2.29. The van der Waals surface area contributed by atoms with E-state index in [1.54, 1.807) is 4.31 Å². The molecule has 0 radical (unpaired) electrons. The van der Waals surface area contributed by atoms with Gasteiger partial charge in [0.05, 0.1) is 11.4 Å². The molecule has 6 nitrogen and oxygen atoms in total. The maximum absolute atomic E-state index is 12.4. The van der Waals surface area contributed by atoms with Gasteiger partial charge in [-0.25, -0.2) is 17.5 Å². The maximum Gasteiger partial charge on any atom is 0.329 e. The number of aliphatic carboxylic acids is 1. The van der Waals surface area contributed by atoms with Gasteiger partial charge < -0.3 is 9.84 Å². The van der Waals surface area contributed by atoms with Gasteiger partial charge in [0.25, 0.3) is 0 Å². The number of carboxylic acid groups (broad SMARTS) is 1. The Bertz CT molecular complexity index is 408. The molecule has 0 unspecified atom stereocenters. The third-order valence-corrected chi connectivity index (χ3v) is 6.33. The molecule has 2 aliphatic rings. The lowest BCUT2D eigenvalue weighted by Gasteiger charge is -2.32. The first kappa shape index (κ1) is 14.7. The molecule has 110 valence electrons. The van der Waals surface area contributed by atoms with E-state index in [-0.39, 0.29) is 18.0 Å². The molecule has 1 saturated carbocycles. The van der Waals surface area contributed by atoms with Crippen molar-refractivity contribution in [3.05, 3.63) is 0 Å². The van der Waals surface area contributed by atoms with E-state index in [4.69, 9.17) is 9.84 Å². The van der Waals surface area contributed by atoms with Gasteiger partial charge in [-0.05, 0) is 25.7 Å². The van der Waals surface area contributed by atoms with Gasteiger partial charge in [0.1, 0.15) is 6.61 Å². The van der Waals surface area contributed by atoms with Gasteiger partial charge in [-0.2, -0.15) is 0 Å². The number of hydrogen-bond donors (Lipinski definition) is 1. The minimum Gasteiger partial charge on any atom is -0.480 e. The van der Waals surface area contributed by atoms with Crippen LogP contribution in [0.5, 0.6) is 0 Å². The second-order valence-corrected chi connectivity index (χ2v) is 7.47. The van der Waals surface area contributed by atoms with Gasteiger partial charge in [0.2, 0.25) is 10.0 Å². The second-order valence-electron chi connectivity index (χ2n) is 5.25. The molecule has 1 aliphatic heterocycles. The SMILES string of the molecule is O=C(O)COC1CCN(S(=O)(=O)C2CCCC2)CC1. The second kappa shape index (κ2) is 6.19. The average Bonchev–Trinajstić information content (AvgIpc) is 2.91. The highest BCUT2D eigenvalue weighted by atomic mass is 32.2. The van der Waals surface area contributed by atoms with Gasteiger partial charge in [0.15, 0.2) is 0 Å². The highest BCUT2D eigenvalue weighted by Gasteiger charge is 2.36.